The molecule has 1 unspecified atom stereocenters. The van der Waals surface area contributed by atoms with Gasteiger partial charge in [-0.05, 0) is 49.4 Å². The fraction of sp³-hybridized carbons (Fsp3) is 0.278. The van der Waals surface area contributed by atoms with Crippen LogP contribution in [0.15, 0.2) is 53.4 Å². The van der Waals surface area contributed by atoms with Gasteiger partial charge >= 0.3 is 0 Å². The first-order valence-corrected chi connectivity index (χ1v) is 9.96. The van der Waals surface area contributed by atoms with E-state index >= 15 is 0 Å². The molecule has 2 aromatic carbocycles. The summed E-state index contributed by atoms with van der Waals surface area (Å²) in [5.41, 5.74) is 0.931. The second kappa shape index (κ2) is 7.75. The van der Waals surface area contributed by atoms with Gasteiger partial charge in [-0.15, -0.1) is 0 Å². The van der Waals surface area contributed by atoms with Crippen molar-refractivity contribution >= 4 is 33.2 Å². The fourth-order valence-corrected chi connectivity index (χ4v) is 4.54. The Morgan fingerprint density at radius 2 is 1.96 bits per heavy atom. The van der Waals surface area contributed by atoms with Gasteiger partial charge in [0.05, 0.1) is 18.1 Å². The maximum Gasteiger partial charge on any atom is 0.255 e. The van der Waals surface area contributed by atoms with Crippen molar-refractivity contribution in [3.8, 4) is 0 Å². The smallest absolute Gasteiger partial charge is 0.255 e. The maximum absolute atomic E-state index is 12.8. The highest BCUT2D eigenvalue weighted by Crippen LogP contribution is 2.22. The van der Waals surface area contributed by atoms with Crippen LogP contribution in [-0.4, -0.2) is 44.4 Å². The van der Waals surface area contributed by atoms with E-state index in [0.717, 1.165) is 0 Å². The van der Waals surface area contributed by atoms with Crippen molar-refractivity contribution in [2.45, 2.75) is 17.9 Å². The van der Waals surface area contributed by atoms with Crippen molar-refractivity contribution in [3.05, 3.63) is 59.1 Å². The van der Waals surface area contributed by atoms with E-state index in [-0.39, 0.29) is 16.8 Å². The van der Waals surface area contributed by atoms with E-state index in [1.54, 1.807) is 36.4 Å². The normalized spacial score (nSPS) is 18.5. The highest BCUT2D eigenvalue weighted by atomic mass is 35.5. The second-order valence-electron chi connectivity index (χ2n) is 6.03. The van der Waals surface area contributed by atoms with Crippen LogP contribution >= 0.6 is 11.6 Å². The van der Waals surface area contributed by atoms with Gasteiger partial charge in [0.1, 0.15) is 0 Å². The van der Waals surface area contributed by atoms with Gasteiger partial charge in [-0.25, -0.2) is 8.42 Å². The zero-order valence-corrected chi connectivity index (χ0v) is 15.8. The number of nitrogens with one attached hydrogen (secondary N) is 1. The molecule has 0 aromatic heterocycles. The molecule has 2 aromatic rings. The highest BCUT2D eigenvalue weighted by Gasteiger charge is 2.31. The molecule has 0 spiro atoms. The number of sulfonamides is 1. The molecule has 1 amide bonds. The molecule has 26 heavy (non-hydrogen) atoms. The lowest BCUT2D eigenvalue weighted by Crippen LogP contribution is -2.46. The number of carbonyl (C=O) groups excluding carboxylic acids is 1. The third-order valence-corrected chi connectivity index (χ3v) is 6.38. The fourth-order valence-electron chi connectivity index (χ4n) is 2.75. The van der Waals surface area contributed by atoms with E-state index in [1.165, 1.54) is 16.4 Å². The molecule has 6 nitrogen and oxygen atoms in total. The third kappa shape index (κ3) is 4.07. The molecular weight excluding hydrogens is 376 g/mol. The van der Waals surface area contributed by atoms with Crippen molar-refractivity contribution in [1.29, 1.82) is 0 Å². The summed E-state index contributed by atoms with van der Waals surface area (Å²) in [6, 6.07) is 12.5. The van der Waals surface area contributed by atoms with E-state index in [9.17, 15) is 13.2 Å². The van der Waals surface area contributed by atoms with Crippen molar-refractivity contribution < 1.29 is 17.9 Å². The zero-order valence-electron chi connectivity index (χ0n) is 14.2. The van der Waals surface area contributed by atoms with Crippen LogP contribution in [0.3, 0.4) is 0 Å². The Kier molecular flexibility index (Phi) is 5.62. The molecule has 0 saturated carbocycles. The van der Waals surface area contributed by atoms with Gasteiger partial charge in [-0.2, -0.15) is 4.31 Å². The number of nitrogens with zero attached hydrogens (tertiary/aromatic N) is 1. The molecule has 1 aliphatic rings. The van der Waals surface area contributed by atoms with Crippen LogP contribution in [0.5, 0.6) is 0 Å². The summed E-state index contributed by atoms with van der Waals surface area (Å²) < 4.78 is 32.3. The van der Waals surface area contributed by atoms with Crippen molar-refractivity contribution in [2.24, 2.45) is 0 Å². The van der Waals surface area contributed by atoms with E-state index in [4.69, 9.17) is 16.3 Å². The number of benzene rings is 2. The Labute approximate surface area is 157 Å². The van der Waals surface area contributed by atoms with Crippen LogP contribution in [-0.2, 0) is 14.8 Å². The Bertz CT molecular complexity index is 900. The van der Waals surface area contributed by atoms with E-state index in [0.29, 0.717) is 36.0 Å². The summed E-state index contributed by atoms with van der Waals surface area (Å²) in [4.78, 5) is 12.4. The van der Waals surface area contributed by atoms with Crippen molar-refractivity contribution in [1.82, 2.24) is 4.31 Å². The van der Waals surface area contributed by atoms with Crippen molar-refractivity contribution in [2.75, 3.05) is 25.1 Å². The quantitative estimate of drug-likeness (QED) is 0.864. The Hall–Kier alpha value is -1.93. The predicted octanol–water partition coefficient (Wildman–Crippen LogP) is 3.00. The lowest BCUT2D eigenvalue weighted by molar-refractivity contribution is 0.0393. The minimum Gasteiger partial charge on any atom is -0.378 e. The molecule has 1 aliphatic heterocycles. The molecule has 0 radical (unpaired) electrons. The molecule has 1 atom stereocenters. The number of hydrogen-bond acceptors (Lipinski definition) is 4. The largest absolute Gasteiger partial charge is 0.378 e. The molecule has 1 heterocycles. The predicted molar refractivity (Wildman–Crippen MR) is 100 cm³/mol. The molecule has 0 bridgehead atoms. The average molecular weight is 395 g/mol. The second-order valence-corrected chi connectivity index (χ2v) is 8.36. The van der Waals surface area contributed by atoms with Crippen LogP contribution in [0.25, 0.3) is 0 Å². The number of hydrogen-bond donors (Lipinski definition) is 1. The number of halogens is 1. The van der Waals surface area contributed by atoms with Crippen LogP contribution in [0.4, 0.5) is 5.69 Å². The first-order valence-electron chi connectivity index (χ1n) is 8.14. The minimum atomic E-state index is -3.59. The first kappa shape index (κ1) is 18.8. The minimum absolute atomic E-state index is 0.187. The molecule has 1 fully saturated rings. The summed E-state index contributed by atoms with van der Waals surface area (Å²) in [5.74, 6) is -0.315. The number of rotatable bonds is 4. The van der Waals surface area contributed by atoms with Gasteiger partial charge in [0.2, 0.25) is 10.0 Å². The number of anilines is 1. The molecule has 1 N–H and O–H groups in total. The van der Waals surface area contributed by atoms with Gasteiger partial charge in [0.25, 0.3) is 5.91 Å². The van der Waals surface area contributed by atoms with Crippen LogP contribution in [0.1, 0.15) is 17.3 Å². The van der Waals surface area contributed by atoms with E-state index < -0.39 is 10.0 Å². The molecule has 1 saturated heterocycles. The number of morpholine rings is 1. The summed E-state index contributed by atoms with van der Waals surface area (Å²) in [5, 5.41) is 3.20. The van der Waals surface area contributed by atoms with Gasteiger partial charge in [0.15, 0.2) is 0 Å². The Morgan fingerprint density at radius 1 is 1.23 bits per heavy atom. The van der Waals surface area contributed by atoms with Gasteiger partial charge in [-0.3, -0.25) is 4.79 Å². The third-order valence-electron chi connectivity index (χ3n) is 4.11. The molecule has 0 aliphatic carbocycles. The highest BCUT2D eigenvalue weighted by molar-refractivity contribution is 7.89. The average Bonchev–Trinajstić information content (AvgIpc) is 2.62. The Balaban J connectivity index is 1.75. The zero-order chi connectivity index (χ0) is 18.7. The van der Waals surface area contributed by atoms with Crippen molar-refractivity contribution in [3.63, 3.8) is 0 Å². The lowest BCUT2D eigenvalue weighted by atomic mass is 10.2. The van der Waals surface area contributed by atoms with Gasteiger partial charge < -0.3 is 10.1 Å². The number of carbonyl (C=O) groups is 1. The van der Waals surface area contributed by atoms with Crippen LogP contribution < -0.4 is 5.32 Å². The first-order chi connectivity index (χ1) is 12.4. The van der Waals surface area contributed by atoms with E-state index in [2.05, 4.69) is 5.32 Å². The summed E-state index contributed by atoms with van der Waals surface area (Å²) >= 11 is 5.89. The van der Waals surface area contributed by atoms with Crippen LogP contribution in [0, 0.1) is 0 Å². The van der Waals surface area contributed by atoms with Gasteiger partial charge in [0, 0.05) is 28.9 Å². The van der Waals surface area contributed by atoms with Gasteiger partial charge in [-0.1, -0.05) is 17.7 Å². The van der Waals surface area contributed by atoms with Crippen LogP contribution in [0.2, 0.25) is 5.02 Å². The SMILES string of the molecule is CC1COCCN1S(=O)(=O)c1ccc(NC(=O)c2cccc(Cl)c2)cc1. The standard InChI is InChI=1S/C18H19ClN2O4S/c1-13-12-25-10-9-21(13)26(23,24)17-7-5-16(6-8-17)20-18(22)14-3-2-4-15(19)11-14/h2-8,11,13H,9-10,12H2,1H3,(H,20,22). The molecular formula is C18H19ClN2O4S. The number of ether oxygens (including phenoxy) is 1. The summed E-state index contributed by atoms with van der Waals surface area (Å²) in [7, 11) is -3.59. The molecule has 8 heteroatoms. The number of amides is 1. The topological polar surface area (TPSA) is 75.7 Å². The lowest BCUT2D eigenvalue weighted by Gasteiger charge is -2.32. The molecule has 3 rings (SSSR count). The Morgan fingerprint density at radius 3 is 2.62 bits per heavy atom. The monoisotopic (exact) mass is 394 g/mol. The summed E-state index contributed by atoms with van der Waals surface area (Å²) in [6.07, 6.45) is 0. The summed E-state index contributed by atoms with van der Waals surface area (Å²) in [6.45, 7) is 2.91. The maximum atomic E-state index is 12.8. The van der Waals surface area contributed by atoms with E-state index in [1.807, 2.05) is 6.92 Å². The molecule has 138 valence electrons.